The quantitative estimate of drug-likeness (QED) is 0.798. The van der Waals surface area contributed by atoms with E-state index >= 15 is 0 Å². The standard InChI is InChI=1S/C18H25N3/c19-14-18(20,17-4-2-1-3-5-17)10-11-21(12-15-6-7-15)13-16-8-9-16/h1-5,15-16H,6-13,20H2. The van der Waals surface area contributed by atoms with Crippen molar-refractivity contribution in [1.29, 1.82) is 5.26 Å². The molecule has 112 valence electrons. The van der Waals surface area contributed by atoms with Gasteiger partial charge in [0.1, 0.15) is 5.54 Å². The summed E-state index contributed by atoms with van der Waals surface area (Å²) in [6.45, 7) is 3.34. The molecule has 0 spiro atoms. The zero-order chi connectivity index (χ0) is 14.7. The molecule has 2 aliphatic rings. The molecule has 1 aromatic rings. The highest BCUT2D eigenvalue weighted by atomic mass is 15.1. The minimum Gasteiger partial charge on any atom is -0.310 e. The molecule has 1 aromatic carbocycles. The van der Waals surface area contributed by atoms with Gasteiger partial charge >= 0.3 is 0 Å². The van der Waals surface area contributed by atoms with Gasteiger partial charge < -0.3 is 10.6 Å². The van der Waals surface area contributed by atoms with Crippen LogP contribution in [-0.2, 0) is 5.54 Å². The average Bonchev–Trinajstić information content (AvgIpc) is 3.42. The Kier molecular flexibility index (Phi) is 4.28. The van der Waals surface area contributed by atoms with Crippen LogP contribution in [0.2, 0.25) is 0 Å². The molecule has 0 amide bonds. The van der Waals surface area contributed by atoms with E-state index in [9.17, 15) is 5.26 Å². The van der Waals surface area contributed by atoms with Gasteiger partial charge in [0.05, 0.1) is 6.07 Å². The zero-order valence-corrected chi connectivity index (χ0v) is 12.7. The number of hydrogen-bond donors (Lipinski definition) is 1. The van der Waals surface area contributed by atoms with Crippen LogP contribution >= 0.6 is 0 Å². The van der Waals surface area contributed by atoms with E-state index in [-0.39, 0.29) is 0 Å². The topological polar surface area (TPSA) is 53.1 Å². The van der Waals surface area contributed by atoms with Crippen molar-refractivity contribution in [2.75, 3.05) is 19.6 Å². The third-order valence-corrected chi connectivity index (χ3v) is 4.74. The summed E-state index contributed by atoms with van der Waals surface area (Å²) in [6.07, 6.45) is 6.24. The Morgan fingerprint density at radius 3 is 2.14 bits per heavy atom. The van der Waals surface area contributed by atoms with Crippen LogP contribution in [0.4, 0.5) is 0 Å². The first-order valence-corrected chi connectivity index (χ1v) is 8.17. The van der Waals surface area contributed by atoms with E-state index in [4.69, 9.17) is 5.73 Å². The molecule has 3 nitrogen and oxygen atoms in total. The molecule has 21 heavy (non-hydrogen) atoms. The summed E-state index contributed by atoms with van der Waals surface area (Å²) in [5, 5.41) is 9.55. The smallest absolute Gasteiger partial charge is 0.131 e. The summed E-state index contributed by atoms with van der Waals surface area (Å²) in [5.74, 6) is 1.80. The summed E-state index contributed by atoms with van der Waals surface area (Å²) in [7, 11) is 0. The molecule has 2 fully saturated rings. The highest BCUT2D eigenvalue weighted by Crippen LogP contribution is 2.34. The third kappa shape index (κ3) is 4.06. The van der Waals surface area contributed by atoms with Crippen LogP contribution in [0.5, 0.6) is 0 Å². The lowest BCUT2D eigenvalue weighted by Crippen LogP contribution is -2.40. The lowest BCUT2D eigenvalue weighted by atomic mass is 9.89. The molecule has 2 aliphatic carbocycles. The van der Waals surface area contributed by atoms with Crippen molar-refractivity contribution in [3.05, 3.63) is 35.9 Å². The van der Waals surface area contributed by atoms with E-state index in [0.717, 1.165) is 23.9 Å². The normalized spacial score (nSPS) is 21.0. The minimum absolute atomic E-state index is 0.715. The minimum atomic E-state index is -0.855. The molecule has 1 atom stereocenters. The van der Waals surface area contributed by atoms with Crippen molar-refractivity contribution < 1.29 is 0 Å². The second-order valence-electron chi connectivity index (χ2n) is 6.85. The zero-order valence-electron chi connectivity index (χ0n) is 12.7. The Morgan fingerprint density at radius 2 is 1.67 bits per heavy atom. The van der Waals surface area contributed by atoms with Crippen LogP contribution in [0.25, 0.3) is 0 Å². The maximum absolute atomic E-state index is 9.55. The molecular weight excluding hydrogens is 258 g/mol. The van der Waals surface area contributed by atoms with E-state index in [1.165, 1.54) is 38.8 Å². The molecule has 0 aromatic heterocycles. The molecule has 0 radical (unpaired) electrons. The first kappa shape index (κ1) is 14.6. The van der Waals surface area contributed by atoms with Crippen LogP contribution < -0.4 is 5.73 Å². The second kappa shape index (κ2) is 6.17. The van der Waals surface area contributed by atoms with E-state index in [1.54, 1.807) is 0 Å². The average molecular weight is 283 g/mol. The fraction of sp³-hybridized carbons (Fsp3) is 0.611. The molecule has 0 aliphatic heterocycles. The van der Waals surface area contributed by atoms with Gasteiger partial charge in [-0.05, 0) is 49.5 Å². The van der Waals surface area contributed by atoms with Gasteiger partial charge in [-0.1, -0.05) is 30.3 Å². The Hall–Kier alpha value is -1.37. The molecule has 2 N–H and O–H groups in total. The monoisotopic (exact) mass is 283 g/mol. The van der Waals surface area contributed by atoms with E-state index in [2.05, 4.69) is 11.0 Å². The van der Waals surface area contributed by atoms with Crippen LogP contribution in [0, 0.1) is 23.2 Å². The van der Waals surface area contributed by atoms with E-state index in [1.807, 2.05) is 30.3 Å². The highest BCUT2D eigenvalue weighted by Gasteiger charge is 2.32. The van der Waals surface area contributed by atoms with Gasteiger partial charge in [-0.15, -0.1) is 0 Å². The lowest BCUT2D eigenvalue weighted by molar-refractivity contribution is 0.234. The first-order chi connectivity index (χ1) is 10.2. The molecule has 0 bridgehead atoms. The van der Waals surface area contributed by atoms with Gasteiger partial charge in [0, 0.05) is 19.6 Å². The molecular formula is C18H25N3. The molecule has 0 saturated heterocycles. The number of nitrogens with zero attached hydrogens (tertiary/aromatic N) is 2. The van der Waals surface area contributed by atoms with Crippen molar-refractivity contribution in [3.8, 4) is 6.07 Å². The fourth-order valence-corrected chi connectivity index (χ4v) is 2.92. The number of rotatable bonds is 8. The van der Waals surface area contributed by atoms with Crippen molar-refractivity contribution in [3.63, 3.8) is 0 Å². The molecule has 0 heterocycles. The second-order valence-corrected chi connectivity index (χ2v) is 6.85. The van der Waals surface area contributed by atoms with Crippen molar-refractivity contribution in [2.45, 2.75) is 37.6 Å². The van der Waals surface area contributed by atoms with Crippen molar-refractivity contribution in [1.82, 2.24) is 4.90 Å². The van der Waals surface area contributed by atoms with Gasteiger partial charge in [-0.3, -0.25) is 0 Å². The molecule has 2 saturated carbocycles. The maximum atomic E-state index is 9.55. The Balaban J connectivity index is 1.60. The number of hydrogen-bond acceptors (Lipinski definition) is 3. The van der Waals surface area contributed by atoms with Gasteiger partial charge in [-0.2, -0.15) is 5.26 Å². The third-order valence-electron chi connectivity index (χ3n) is 4.74. The largest absolute Gasteiger partial charge is 0.310 e. The number of nitriles is 1. The molecule has 3 heteroatoms. The molecule has 3 rings (SSSR count). The SMILES string of the molecule is N#CC(N)(CCN(CC1CC1)CC1CC1)c1ccccc1. The van der Waals surface area contributed by atoms with Gasteiger partial charge in [0.15, 0.2) is 0 Å². The fourth-order valence-electron chi connectivity index (χ4n) is 2.92. The van der Waals surface area contributed by atoms with Crippen LogP contribution in [0.15, 0.2) is 30.3 Å². The van der Waals surface area contributed by atoms with Gasteiger partial charge in [-0.25, -0.2) is 0 Å². The van der Waals surface area contributed by atoms with E-state index < -0.39 is 5.54 Å². The highest BCUT2D eigenvalue weighted by molar-refractivity contribution is 5.30. The van der Waals surface area contributed by atoms with E-state index in [0.29, 0.717) is 6.42 Å². The summed E-state index contributed by atoms with van der Waals surface area (Å²) in [4.78, 5) is 2.55. The molecule has 1 unspecified atom stereocenters. The van der Waals surface area contributed by atoms with Crippen LogP contribution in [-0.4, -0.2) is 24.5 Å². The summed E-state index contributed by atoms with van der Waals surface area (Å²) in [6, 6.07) is 12.2. The van der Waals surface area contributed by atoms with Crippen molar-refractivity contribution in [2.24, 2.45) is 17.6 Å². The van der Waals surface area contributed by atoms with Gasteiger partial charge in [0.25, 0.3) is 0 Å². The predicted octanol–water partition coefficient (Wildman–Crippen LogP) is 2.88. The first-order valence-electron chi connectivity index (χ1n) is 8.17. The Bertz CT molecular complexity index is 485. The summed E-state index contributed by atoms with van der Waals surface area (Å²) in [5.41, 5.74) is 6.45. The Labute approximate surface area is 127 Å². The summed E-state index contributed by atoms with van der Waals surface area (Å²) < 4.78 is 0. The predicted molar refractivity (Wildman–Crippen MR) is 84.4 cm³/mol. The van der Waals surface area contributed by atoms with Crippen LogP contribution in [0.1, 0.15) is 37.7 Å². The number of benzene rings is 1. The maximum Gasteiger partial charge on any atom is 0.131 e. The number of nitrogens with two attached hydrogens (primary N) is 1. The van der Waals surface area contributed by atoms with Crippen LogP contribution in [0.3, 0.4) is 0 Å². The summed E-state index contributed by atoms with van der Waals surface area (Å²) >= 11 is 0. The van der Waals surface area contributed by atoms with Crippen molar-refractivity contribution >= 4 is 0 Å². The Morgan fingerprint density at radius 1 is 1.10 bits per heavy atom. The lowest BCUT2D eigenvalue weighted by Gasteiger charge is -2.28. The van der Waals surface area contributed by atoms with Gasteiger partial charge in [0.2, 0.25) is 0 Å².